The van der Waals surface area contributed by atoms with E-state index in [1.54, 1.807) is 23.3 Å². The molecule has 2 aliphatic carbocycles. The molecule has 2 rings (SSSR count). The first kappa shape index (κ1) is 30.9. The second-order valence-corrected chi connectivity index (χ2v) is 2.01. The first-order chi connectivity index (χ1) is 8.00. The van der Waals surface area contributed by atoms with E-state index in [9.17, 15) is 0 Å². The number of hydrogen-bond acceptors (Lipinski definition) is 0. The van der Waals surface area contributed by atoms with Crippen molar-refractivity contribution in [3.8, 4) is 0 Å². The molecule has 0 bridgehead atoms. The molecule has 0 amide bonds. The predicted octanol–water partition coefficient (Wildman–Crippen LogP) is 3.75. The fraction of sp³-hybridized carbons (Fsp3) is 0.143. The van der Waals surface area contributed by atoms with Gasteiger partial charge in [-0.25, -0.2) is 24.3 Å². The van der Waals surface area contributed by atoms with Gasteiger partial charge in [0.15, 0.2) is 0 Å². The minimum atomic E-state index is 0. The molecule has 0 atom stereocenters. The maximum absolute atomic E-state index is 4.25. The summed E-state index contributed by atoms with van der Waals surface area (Å²) in [4.78, 5) is 0. The third-order valence-corrected chi connectivity index (χ3v) is 1.17. The minimum absolute atomic E-state index is 0. The molecule has 0 aromatic carbocycles. The molecule has 0 saturated carbocycles. The Hall–Kier alpha value is 0.120. The molecule has 2 aliphatic rings. The van der Waals surface area contributed by atoms with Gasteiger partial charge in [0.25, 0.3) is 0 Å². The second kappa shape index (κ2) is 43.4. The van der Waals surface area contributed by atoms with Gasteiger partial charge in [0.2, 0.25) is 0 Å². The van der Waals surface area contributed by atoms with Crippen molar-refractivity contribution in [2.45, 2.75) is 12.8 Å². The van der Waals surface area contributed by atoms with Crippen LogP contribution in [0.1, 0.15) is 12.8 Å². The Kier molecular flexibility index (Phi) is 74.5. The fourth-order valence-corrected chi connectivity index (χ4v) is 0.680. The molecule has 0 saturated heterocycles. The van der Waals surface area contributed by atoms with Crippen LogP contribution in [0.2, 0.25) is 0 Å². The molecular weight excluding hydrogens is 358 g/mol. The third-order valence-electron chi connectivity index (χ3n) is 1.17. The van der Waals surface area contributed by atoms with Crippen LogP contribution in [0.4, 0.5) is 0 Å². The van der Waals surface area contributed by atoms with Crippen molar-refractivity contribution >= 4 is 31.7 Å². The third kappa shape index (κ3) is 36.0. The van der Waals surface area contributed by atoms with Gasteiger partial charge in [0, 0.05) is 0 Å². The Morgan fingerprint density at radius 2 is 1.11 bits per heavy atom. The summed E-state index contributed by atoms with van der Waals surface area (Å²) in [5, 5.41) is 0. The molecule has 18 heavy (non-hydrogen) atoms. The molecular formula is C14H20Cl2SiZr-4. The van der Waals surface area contributed by atoms with E-state index in [2.05, 4.69) is 50.6 Å². The first-order valence-corrected chi connectivity index (χ1v) is 10.5. The number of hydrogen-bond donors (Lipinski definition) is 0. The Balaban J connectivity index is -0.0000000415. The van der Waals surface area contributed by atoms with E-state index in [4.69, 9.17) is 0 Å². The van der Waals surface area contributed by atoms with Gasteiger partial charge < -0.3 is 13.2 Å². The van der Waals surface area contributed by atoms with Crippen LogP contribution >= 0.6 is 24.8 Å². The van der Waals surface area contributed by atoms with Crippen LogP contribution in [0.5, 0.6) is 0 Å². The molecule has 0 heterocycles. The zero-order chi connectivity index (χ0) is 13.1. The molecule has 0 aromatic heterocycles. The monoisotopic (exact) mass is 376 g/mol. The van der Waals surface area contributed by atoms with Gasteiger partial charge in [-0.2, -0.15) is 12.2 Å². The van der Waals surface area contributed by atoms with E-state index in [1.165, 1.54) is 0 Å². The van der Waals surface area contributed by atoms with Crippen molar-refractivity contribution in [3.05, 3.63) is 74.9 Å². The van der Waals surface area contributed by atoms with E-state index in [-0.39, 0.29) is 24.8 Å². The van der Waals surface area contributed by atoms with Crippen LogP contribution in [0.3, 0.4) is 0 Å². The van der Waals surface area contributed by atoms with E-state index >= 15 is 0 Å². The van der Waals surface area contributed by atoms with Crippen LogP contribution in [-0.4, -0.2) is 6.88 Å². The summed E-state index contributed by atoms with van der Waals surface area (Å²) in [5.41, 5.74) is 0. The molecule has 4 heteroatoms. The van der Waals surface area contributed by atoms with Crippen LogP contribution in [0.25, 0.3) is 0 Å². The molecule has 0 spiro atoms. The molecule has 0 nitrogen and oxygen atoms in total. The summed E-state index contributed by atoms with van der Waals surface area (Å²) in [5.74, 6) is 0. The SMILES string of the molecule is Cl.Cl.[C-]1=CC=CC1.[C-]1=CC=CC1.[CH-]=C.[CH-]=C.[SiH2]=[Zr]. The summed E-state index contributed by atoms with van der Waals surface area (Å²) in [6.45, 7) is 16.0. The molecule has 0 unspecified atom stereocenters. The predicted molar refractivity (Wildman–Crippen MR) is 86.0 cm³/mol. The van der Waals surface area contributed by atoms with Gasteiger partial charge in [-0.05, 0) is 0 Å². The van der Waals surface area contributed by atoms with Crippen molar-refractivity contribution in [2.24, 2.45) is 0 Å². The van der Waals surface area contributed by atoms with Crippen LogP contribution in [0.15, 0.2) is 49.6 Å². The van der Waals surface area contributed by atoms with E-state index < -0.39 is 0 Å². The molecule has 0 radical (unpaired) electrons. The van der Waals surface area contributed by atoms with Gasteiger partial charge >= 0.3 is 30.2 Å². The number of halogens is 2. The van der Waals surface area contributed by atoms with E-state index in [0.717, 1.165) is 12.8 Å². The molecule has 102 valence electrons. The van der Waals surface area contributed by atoms with Gasteiger partial charge in [-0.15, -0.1) is 37.7 Å². The fourth-order valence-electron chi connectivity index (χ4n) is 0.680. The Morgan fingerprint density at radius 3 is 1.17 bits per heavy atom. The van der Waals surface area contributed by atoms with Gasteiger partial charge in [0.05, 0.1) is 0 Å². The molecule has 0 fully saturated rings. The Labute approximate surface area is 142 Å². The number of rotatable bonds is 0. The maximum atomic E-state index is 4.25. The zero-order valence-corrected chi connectivity index (χ0v) is 16.0. The van der Waals surface area contributed by atoms with Gasteiger partial charge in [-0.1, -0.05) is 0 Å². The van der Waals surface area contributed by atoms with Gasteiger partial charge in [0.1, 0.15) is 0 Å². The first-order valence-electron chi connectivity index (χ1n) is 4.60. The van der Waals surface area contributed by atoms with E-state index in [1.807, 2.05) is 31.2 Å². The van der Waals surface area contributed by atoms with Crippen molar-refractivity contribution in [1.29, 1.82) is 0 Å². The average molecular weight is 379 g/mol. The number of allylic oxidation sites excluding steroid dienone is 8. The van der Waals surface area contributed by atoms with Crippen molar-refractivity contribution < 1.29 is 23.3 Å². The van der Waals surface area contributed by atoms with Crippen molar-refractivity contribution in [3.63, 3.8) is 0 Å². The Bertz CT molecular complexity index is 189. The quantitative estimate of drug-likeness (QED) is 0.445. The summed E-state index contributed by atoms with van der Waals surface area (Å²) in [7, 11) is 0. The summed E-state index contributed by atoms with van der Waals surface area (Å²) in [6.07, 6.45) is 20.0. The Morgan fingerprint density at radius 1 is 0.833 bits per heavy atom. The molecule has 0 aromatic rings. The van der Waals surface area contributed by atoms with Crippen LogP contribution in [0, 0.1) is 25.3 Å². The van der Waals surface area contributed by atoms with Crippen molar-refractivity contribution in [1.82, 2.24) is 0 Å². The van der Waals surface area contributed by atoms with E-state index in [0.29, 0.717) is 0 Å². The molecule has 0 aliphatic heterocycles. The zero-order valence-electron chi connectivity index (χ0n) is 10.5. The van der Waals surface area contributed by atoms with Crippen LogP contribution < -0.4 is 0 Å². The summed E-state index contributed by atoms with van der Waals surface area (Å²) in [6, 6.07) is 0. The summed E-state index contributed by atoms with van der Waals surface area (Å²) >= 11 is 1.58. The molecule has 0 N–H and O–H groups in total. The van der Waals surface area contributed by atoms with Crippen LogP contribution in [-0.2, 0) is 23.3 Å². The average Bonchev–Trinajstić information content (AvgIpc) is 3.14. The van der Waals surface area contributed by atoms with Gasteiger partial charge in [-0.3, -0.25) is 25.3 Å². The second-order valence-electron chi connectivity index (χ2n) is 2.01. The standard InChI is InChI=1S/2C5H5.2C2H3.2ClH.H2Si.Zr/c2*1-2-4-5-3-1;2*1-2;;;;/h2*1-3H,4H2;2*1H,2H2;2*1H;1H2;/q4*-1;;;;. The normalized spacial score (nSPS) is 10.4. The van der Waals surface area contributed by atoms with Crippen molar-refractivity contribution in [2.75, 3.05) is 0 Å². The topological polar surface area (TPSA) is 0 Å². The summed E-state index contributed by atoms with van der Waals surface area (Å²) < 4.78 is 0.